The summed E-state index contributed by atoms with van der Waals surface area (Å²) in [6, 6.07) is 6.71. The van der Waals surface area contributed by atoms with E-state index in [4.69, 9.17) is 16.3 Å². The van der Waals surface area contributed by atoms with Gasteiger partial charge in [0.25, 0.3) is 0 Å². The molecule has 0 aliphatic heterocycles. The Hall–Kier alpha value is -1.55. The number of aromatic nitrogens is 2. The molecule has 1 aromatic carbocycles. The lowest BCUT2D eigenvalue weighted by molar-refractivity contribution is 0.280. The molecule has 0 bridgehead atoms. The zero-order valence-electron chi connectivity index (χ0n) is 11.0. The van der Waals surface area contributed by atoms with Gasteiger partial charge in [0.1, 0.15) is 6.61 Å². The summed E-state index contributed by atoms with van der Waals surface area (Å²) in [5.74, 6) is 0.128. The Bertz CT molecular complexity index is 569. The van der Waals surface area contributed by atoms with Gasteiger partial charge in [-0.2, -0.15) is 5.10 Å². The van der Waals surface area contributed by atoms with Crippen molar-refractivity contribution in [2.45, 2.75) is 25.8 Å². The molecule has 0 aliphatic carbocycles. The van der Waals surface area contributed by atoms with Crippen molar-refractivity contribution in [2.75, 3.05) is 0 Å². The highest BCUT2D eigenvalue weighted by atomic mass is 35.5. The standard InChI is InChI=1S/C14H16ClFN2O/c1-3-11-7-12(18(2)17-11)9-19-14-5-4-10(8-15)6-13(14)16/h4-7H,3,8-9H2,1-2H3. The van der Waals surface area contributed by atoms with Gasteiger partial charge >= 0.3 is 0 Å². The third kappa shape index (κ3) is 3.26. The summed E-state index contributed by atoms with van der Waals surface area (Å²) >= 11 is 5.64. The fraction of sp³-hybridized carbons (Fsp3) is 0.357. The predicted molar refractivity (Wildman–Crippen MR) is 72.9 cm³/mol. The first kappa shape index (κ1) is 13.9. The van der Waals surface area contributed by atoms with E-state index in [2.05, 4.69) is 5.10 Å². The van der Waals surface area contributed by atoms with E-state index in [1.165, 1.54) is 6.07 Å². The molecule has 3 nitrogen and oxygen atoms in total. The maximum atomic E-state index is 13.7. The molecular formula is C14H16ClFN2O. The number of benzene rings is 1. The Morgan fingerprint density at radius 3 is 2.74 bits per heavy atom. The lowest BCUT2D eigenvalue weighted by atomic mass is 10.2. The van der Waals surface area contributed by atoms with Gasteiger partial charge in [-0.15, -0.1) is 11.6 Å². The van der Waals surface area contributed by atoms with Gasteiger partial charge in [-0.1, -0.05) is 13.0 Å². The average Bonchev–Trinajstić information content (AvgIpc) is 2.78. The van der Waals surface area contributed by atoms with E-state index < -0.39 is 5.82 Å². The summed E-state index contributed by atoms with van der Waals surface area (Å²) in [6.45, 7) is 2.33. The molecule has 0 saturated carbocycles. The highest BCUT2D eigenvalue weighted by molar-refractivity contribution is 6.17. The minimum Gasteiger partial charge on any atom is -0.484 e. The number of alkyl halides is 1. The van der Waals surface area contributed by atoms with Gasteiger partial charge in [-0.25, -0.2) is 4.39 Å². The molecule has 0 N–H and O–H groups in total. The van der Waals surface area contributed by atoms with Gasteiger partial charge in [0.15, 0.2) is 11.6 Å². The zero-order valence-corrected chi connectivity index (χ0v) is 11.7. The van der Waals surface area contributed by atoms with E-state index >= 15 is 0 Å². The molecule has 0 spiro atoms. The van der Waals surface area contributed by atoms with Gasteiger partial charge in [0.05, 0.1) is 11.4 Å². The molecule has 102 valence electrons. The van der Waals surface area contributed by atoms with Gasteiger partial charge in [-0.3, -0.25) is 4.68 Å². The van der Waals surface area contributed by atoms with Crippen LogP contribution in [0.4, 0.5) is 4.39 Å². The predicted octanol–water partition coefficient (Wildman–Crippen LogP) is 3.44. The van der Waals surface area contributed by atoms with Gasteiger partial charge in [0, 0.05) is 12.9 Å². The van der Waals surface area contributed by atoms with Gasteiger partial charge in [-0.05, 0) is 30.2 Å². The third-order valence-electron chi connectivity index (χ3n) is 2.92. The monoisotopic (exact) mass is 282 g/mol. The van der Waals surface area contributed by atoms with Crippen molar-refractivity contribution >= 4 is 11.6 Å². The highest BCUT2D eigenvalue weighted by Crippen LogP contribution is 2.20. The van der Waals surface area contributed by atoms with Crippen LogP contribution >= 0.6 is 11.6 Å². The van der Waals surface area contributed by atoms with Crippen LogP contribution in [0.15, 0.2) is 24.3 Å². The van der Waals surface area contributed by atoms with Gasteiger partial charge < -0.3 is 4.74 Å². The number of rotatable bonds is 5. The van der Waals surface area contributed by atoms with E-state index in [1.54, 1.807) is 16.8 Å². The number of halogens is 2. The minimum absolute atomic E-state index is 0.230. The summed E-state index contributed by atoms with van der Waals surface area (Å²) in [6.07, 6.45) is 0.868. The van der Waals surface area contributed by atoms with E-state index in [0.29, 0.717) is 12.5 Å². The van der Waals surface area contributed by atoms with Crippen LogP contribution in [0.1, 0.15) is 23.9 Å². The van der Waals surface area contributed by atoms with E-state index in [9.17, 15) is 4.39 Å². The van der Waals surface area contributed by atoms with Crippen LogP contribution in [0, 0.1) is 5.82 Å². The van der Waals surface area contributed by atoms with E-state index in [0.717, 1.165) is 23.4 Å². The summed E-state index contributed by atoms with van der Waals surface area (Å²) < 4.78 is 20.9. The first-order chi connectivity index (χ1) is 9.13. The second kappa shape index (κ2) is 6.06. The van der Waals surface area contributed by atoms with Crippen molar-refractivity contribution in [3.63, 3.8) is 0 Å². The molecule has 1 aromatic heterocycles. The minimum atomic E-state index is -0.393. The molecule has 0 saturated heterocycles. The molecule has 0 unspecified atom stereocenters. The average molecular weight is 283 g/mol. The molecule has 5 heteroatoms. The maximum absolute atomic E-state index is 13.7. The fourth-order valence-electron chi connectivity index (χ4n) is 1.78. The molecule has 19 heavy (non-hydrogen) atoms. The largest absolute Gasteiger partial charge is 0.484 e. The van der Waals surface area contributed by atoms with Crippen LogP contribution in [0.25, 0.3) is 0 Å². The normalized spacial score (nSPS) is 10.7. The molecular weight excluding hydrogens is 267 g/mol. The zero-order chi connectivity index (χ0) is 13.8. The Morgan fingerprint density at radius 2 is 2.16 bits per heavy atom. The van der Waals surface area contributed by atoms with Gasteiger partial charge in [0.2, 0.25) is 0 Å². The van der Waals surface area contributed by atoms with E-state index in [1.807, 2.05) is 20.0 Å². The summed E-state index contributed by atoms with van der Waals surface area (Å²) in [5.41, 5.74) is 2.65. The number of ether oxygens (including phenoxy) is 1. The first-order valence-corrected chi connectivity index (χ1v) is 6.66. The van der Waals surface area contributed by atoms with Crippen LogP contribution < -0.4 is 4.74 Å². The summed E-state index contributed by atoms with van der Waals surface area (Å²) in [7, 11) is 1.85. The van der Waals surface area contributed by atoms with Crippen molar-refractivity contribution in [3.8, 4) is 5.75 Å². The number of aryl methyl sites for hydroxylation is 2. The molecule has 0 amide bonds. The number of hydrogen-bond donors (Lipinski definition) is 0. The van der Waals surface area contributed by atoms with Crippen molar-refractivity contribution in [2.24, 2.45) is 7.05 Å². The Labute approximate surface area is 117 Å². The molecule has 2 aromatic rings. The topological polar surface area (TPSA) is 27.1 Å². The molecule has 0 atom stereocenters. The van der Waals surface area contributed by atoms with Crippen molar-refractivity contribution in [1.82, 2.24) is 9.78 Å². The second-order valence-corrected chi connectivity index (χ2v) is 4.56. The second-order valence-electron chi connectivity index (χ2n) is 4.29. The van der Waals surface area contributed by atoms with Crippen LogP contribution in [-0.4, -0.2) is 9.78 Å². The third-order valence-corrected chi connectivity index (χ3v) is 3.22. The molecule has 2 rings (SSSR count). The fourth-order valence-corrected chi connectivity index (χ4v) is 1.94. The quantitative estimate of drug-likeness (QED) is 0.786. The van der Waals surface area contributed by atoms with Crippen molar-refractivity contribution < 1.29 is 9.13 Å². The molecule has 1 heterocycles. The lowest BCUT2D eigenvalue weighted by Gasteiger charge is -2.08. The molecule has 0 fully saturated rings. The van der Waals surface area contributed by atoms with Crippen molar-refractivity contribution in [1.29, 1.82) is 0 Å². The van der Waals surface area contributed by atoms with Crippen molar-refractivity contribution in [3.05, 3.63) is 47.0 Å². The number of hydrogen-bond acceptors (Lipinski definition) is 2. The number of nitrogens with zero attached hydrogens (tertiary/aromatic N) is 2. The van der Waals surface area contributed by atoms with E-state index in [-0.39, 0.29) is 5.75 Å². The summed E-state index contributed by atoms with van der Waals surface area (Å²) in [4.78, 5) is 0. The van der Waals surface area contributed by atoms with Crippen LogP contribution in [0.3, 0.4) is 0 Å². The highest BCUT2D eigenvalue weighted by Gasteiger charge is 2.08. The maximum Gasteiger partial charge on any atom is 0.165 e. The smallest absolute Gasteiger partial charge is 0.165 e. The SMILES string of the molecule is CCc1cc(COc2ccc(CCl)cc2F)n(C)n1. The summed E-state index contributed by atoms with van der Waals surface area (Å²) in [5, 5.41) is 4.32. The van der Waals surface area contributed by atoms with Crippen LogP contribution in [0.2, 0.25) is 0 Å². The Morgan fingerprint density at radius 1 is 1.37 bits per heavy atom. The van der Waals surface area contributed by atoms with Crippen LogP contribution in [-0.2, 0) is 26.0 Å². The molecule has 0 aliphatic rings. The first-order valence-electron chi connectivity index (χ1n) is 6.13. The van der Waals surface area contributed by atoms with Crippen LogP contribution in [0.5, 0.6) is 5.75 Å². The Balaban J connectivity index is 2.07. The lowest BCUT2D eigenvalue weighted by Crippen LogP contribution is -2.04. The Kier molecular flexibility index (Phi) is 4.43. The molecule has 0 radical (unpaired) electrons.